The SMILES string of the molecule is COC(=O)CCCS(=O)(=O)NCc1ccnn1C. The van der Waals surface area contributed by atoms with E-state index in [-0.39, 0.29) is 25.1 Å². The fourth-order valence-electron chi connectivity index (χ4n) is 1.34. The zero-order chi connectivity index (χ0) is 13.6. The third kappa shape index (κ3) is 4.84. The molecule has 8 heteroatoms. The molecule has 0 saturated carbocycles. The Morgan fingerprint density at radius 3 is 2.83 bits per heavy atom. The number of nitrogens with one attached hydrogen (secondary N) is 1. The topological polar surface area (TPSA) is 90.3 Å². The highest BCUT2D eigenvalue weighted by Crippen LogP contribution is 2.00. The zero-order valence-corrected chi connectivity index (χ0v) is 11.2. The maximum absolute atomic E-state index is 11.6. The molecule has 1 rings (SSSR count). The van der Waals surface area contributed by atoms with Crippen LogP contribution in [-0.4, -0.2) is 37.0 Å². The number of aryl methyl sites for hydroxylation is 1. The average molecular weight is 275 g/mol. The van der Waals surface area contributed by atoms with Crippen molar-refractivity contribution < 1.29 is 17.9 Å². The molecule has 0 aliphatic rings. The summed E-state index contributed by atoms with van der Waals surface area (Å²) in [5, 5.41) is 3.93. The molecule has 0 amide bonds. The lowest BCUT2D eigenvalue weighted by Crippen LogP contribution is -2.27. The Hall–Kier alpha value is -1.41. The summed E-state index contributed by atoms with van der Waals surface area (Å²) in [7, 11) is -0.365. The Labute approximate surface area is 106 Å². The van der Waals surface area contributed by atoms with Crippen molar-refractivity contribution in [2.24, 2.45) is 7.05 Å². The van der Waals surface area contributed by atoms with E-state index in [4.69, 9.17) is 0 Å². The second-order valence-corrected chi connectivity index (χ2v) is 5.69. The van der Waals surface area contributed by atoms with E-state index in [1.165, 1.54) is 7.11 Å². The van der Waals surface area contributed by atoms with E-state index in [9.17, 15) is 13.2 Å². The molecule has 102 valence electrons. The third-order valence-corrected chi connectivity index (χ3v) is 3.83. The van der Waals surface area contributed by atoms with Crippen LogP contribution in [0.1, 0.15) is 18.5 Å². The number of nitrogens with zero attached hydrogens (tertiary/aromatic N) is 2. The molecule has 18 heavy (non-hydrogen) atoms. The smallest absolute Gasteiger partial charge is 0.305 e. The summed E-state index contributed by atoms with van der Waals surface area (Å²) < 4.78 is 31.7. The van der Waals surface area contributed by atoms with Gasteiger partial charge in [0, 0.05) is 19.7 Å². The van der Waals surface area contributed by atoms with Gasteiger partial charge in [0.15, 0.2) is 0 Å². The van der Waals surface area contributed by atoms with Crippen LogP contribution in [0.25, 0.3) is 0 Å². The fourth-order valence-corrected chi connectivity index (χ4v) is 2.38. The van der Waals surface area contributed by atoms with Gasteiger partial charge in [0.25, 0.3) is 0 Å². The molecular weight excluding hydrogens is 258 g/mol. The van der Waals surface area contributed by atoms with Crippen LogP contribution in [0, 0.1) is 0 Å². The van der Waals surface area contributed by atoms with Gasteiger partial charge in [0.2, 0.25) is 10.0 Å². The van der Waals surface area contributed by atoms with E-state index in [1.807, 2.05) is 0 Å². The molecule has 0 aromatic carbocycles. The average Bonchev–Trinajstić information content (AvgIpc) is 2.72. The van der Waals surface area contributed by atoms with Crippen LogP contribution < -0.4 is 4.72 Å². The lowest BCUT2D eigenvalue weighted by Gasteiger charge is -2.06. The number of hydrogen-bond acceptors (Lipinski definition) is 5. The molecule has 0 spiro atoms. The maximum atomic E-state index is 11.6. The van der Waals surface area contributed by atoms with Crippen LogP contribution in [-0.2, 0) is 33.1 Å². The van der Waals surface area contributed by atoms with E-state index in [0.29, 0.717) is 0 Å². The van der Waals surface area contributed by atoms with Crippen LogP contribution in [0.15, 0.2) is 12.3 Å². The molecule has 0 unspecified atom stereocenters. The molecule has 0 saturated heterocycles. The van der Waals surface area contributed by atoms with Crippen molar-refractivity contribution >= 4 is 16.0 Å². The van der Waals surface area contributed by atoms with Gasteiger partial charge >= 0.3 is 5.97 Å². The molecule has 1 N–H and O–H groups in total. The lowest BCUT2D eigenvalue weighted by molar-refractivity contribution is -0.140. The molecule has 0 fully saturated rings. The highest BCUT2D eigenvalue weighted by Gasteiger charge is 2.12. The second-order valence-electron chi connectivity index (χ2n) is 3.77. The van der Waals surface area contributed by atoms with E-state index in [0.717, 1.165) is 5.69 Å². The Kier molecular flexibility index (Phi) is 5.29. The molecular formula is C10H17N3O4S. The first-order valence-electron chi connectivity index (χ1n) is 5.45. The summed E-state index contributed by atoms with van der Waals surface area (Å²) >= 11 is 0. The predicted molar refractivity (Wildman–Crippen MR) is 65.1 cm³/mol. The van der Waals surface area contributed by atoms with Crippen molar-refractivity contribution in [2.75, 3.05) is 12.9 Å². The summed E-state index contributed by atoms with van der Waals surface area (Å²) in [6.07, 6.45) is 1.94. The Morgan fingerprint density at radius 1 is 1.56 bits per heavy atom. The van der Waals surface area contributed by atoms with Gasteiger partial charge in [0.05, 0.1) is 25.1 Å². The highest BCUT2D eigenvalue weighted by atomic mass is 32.2. The number of hydrogen-bond donors (Lipinski definition) is 1. The van der Waals surface area contributed by atoms with Gasteiger partial charge in [-0.3, -0.25) is 9.48 Å². The van der Waals surface area contributed by atoms with Gasteiger partial charge in [-0.1, -0.05) is 0 Å². The fraction of sp³-hybridized carbons (Fsp3) is 0.600. The molecule has 0 aliphatic heterocycles. The number of carbonyl (C=O) groups is 1. The summed E-state index contributed by atoms with van der Waals surface area (Å²) in [6, 6.07) is 1.73. The molecule has 0 atom stereocenters. The molecule has 1 aromatic rings. The van der Waals surface area contributed by atoms with Crippen molar-refractivity contribution in [1.82, 2.24) is 14.5 Å². The molecule has 0 bridgehead atoms. The van der Waals surface area contributed by atoms with Crippen molar-refractivity contribution in [3.8, 4) is 0 Å². The van der Waals surface area contributed by atoms with Crippen LogP contribution >= 0.6 is 0 Å². The van der Waals surface area contributed by atoms with Gasteiger partial charge in [-0.2, -0.15) is 5.10 Å². The number of rotatable bonds is 7. The molecule has 0 aliphatic carbocycles. The number of ether oxygens (including phenoxy) is 1. The Morgan fingerprint density at radius 2 is 2.28 bits per heavy atom. The Bertz CT molecular complexity index is 495. The monoisotopic (exact) mass is 275 g/mol. The number of esters is 1. The van der Waals surface area contributed by atoms with Crippen molar-refractivity contribution in [3.05, 3.63) is 18.0 Å². The lowest BCUT2D eigenvalue weighted by atomic mass is 10.3. The summed E-state index contributed by atoms with van der Waals surface area (Å²) in [4.78, 5) is 10.8. The minimum atomic E-state index is -3.38. The van der Waals surface area contributed by atoms with Gasteiger partial charge in [-0.05, 0) is 12.5 Å². The van der Waals surface area contributed by atoms with Crippen LogP contribution in [0.3, 0.4) is 0 Å². The molecule has 1 aromatic heterocycles. The van der Waals surface area contributed by atoms with Gasteiger partial charge in [-0.15, -0.1) is 0 Å². The first-order chi connectivity index (χ1) is 8.44. The first-order valence-corrected chi connectivity index (χ1v) is 7.11. The molecule has 0 radical (unpaired) electrons. The summed E-state index contributed by atoms with van der Waals surface area (Å²) in [6.45, 7) is 0.192. The number of carbonyl (C=O) groups excluding carboxylic acids is 1. The van der Waals surface area contributed by atoms with Gasteiger partial charge in [0.1, 0.15) is 0 Å². The first kappa shape index (κ1) is 14.7. The van der Waals surface area contributed by atoms with Crippen LogP contribution in [0.4, 0.5) is 0 Å². The van der Waals surface area contributed by atoms with E-state index in [1.54, 1.807) is 24.0 Å². The molecule has 1 heterocycles. The van der Waals surface area contributed by atoms with Crippen molar-refractivity contribution in [1.29, 1.82) is 0 Å². The maximum Gasteiger partial charge on any atom is 0.305 e. The summed E-state index contributed by atoms with van der Waals surface area (Å²) in [5.41, 5.74) is 0.770. The van der Waals surface area contributed by atoms with E-state index < -0.39 is 16.0 Å². The normalized spacial score (nSPS) is 11.4. The van der Waals surface area contributed by atoms with Crippen molar-refractivity contribution in [2.45, 2.75) is 19.4 Å². The largest absolute Gasteiger partial charge is 0.469 e. The summed E-state index contributed by atoms with van der Waals surface area (Å²) in [5.74, 6) is -0.503. The standard InChI is InChI=1S/C10H17N3O4S/c1-13-9(5-6-11-13)8-12-18(15,16)7-3-4-10(14)17-2/h5-6,12H,3-4,7-8H2,1-2H3. The number of methoxy groups -OCH3 is 1. The molecule has 7 nitrogen and oxygen atoms in total. The van der Waals surface area contributed by atoms with Crippen molar-refractivity contribution in [3.63, 3.8) is 0 Å². The van der Waals surface area contributed by atoms with Gasteiger partial charge < -0.3 is 4.74 Å². The highest BCUT2D eigenvalue weighted by molar-refractivity contribution is 7.89. The quantitative estimate of drug-likeness (QED) is 0.696. The van der Waals surface area contributed by atoms with E-state index in [2.05, 4.69) is 14.6 Å². The minimum Gasteiger partial charge on any atom is -0.469 e. The zero-order valence-electron chi connectivity index (χ0n) is 10.4. The second kappa shape index (κ2) is 6.50. The van der Waals surface area contributed by atoms with Crippen LogP contribution in [0.2, 0.25) is 0 Å². The number of sulfonamides is 1. The Balaban J connectivity index is 2.36. The van der Waals surface area contributed by atoms with E-state index >= 15 is 0 Å². The van der Waals surface area contributed by atoms with Gasteiger partial charge in [-0.25, -0.2) is 13.1 Å². The third-order valence-electron chi connectivity index (χ3n) is 2.42. The number of aromatic nitrogens is 2. The minimum absolute atomic E-state index is 0.0973. The predicted octanol–water partition coefficient (Wildman–Crippen LogP) is -0.207. The van der Waals surface area contributed by atoms with Crippen LogP contribution in [0.5, 0.6) is 0 Å².